The third-order valence-electron chi connectivity index (χ3n) is 1.41. The Hall–Kier alpha value is -1.02. The molecule has 0 amide bonds. The molecular weight excluding hydrogens is 148 g/mol. The number of halogens is 1. The molecule has 2 nitrogen and oxygen atoms in total. The molecule has 0 fully saturated rings. The Bertz CT molecular complexity index is 353. The van der Waals surface area contributed by atoms with Crippen molar-refractivity contribution in [3.63, 3.8) is 0 Å². The van der Waals surface area contributed by atoms with Crippen LogP contribution in [-0.4, -0.2) is 9.38 Å². The van der Waals surface area contributed by atoms with Gasteiger partial charge in [-0.2, -0.15) is 0 Å². The highest BCUT2D eigenvalue weighted by atomic mass is 35.5. The Balaban J connectivity index is 2.93. The summed E-state index contributed by atoms with van der Waals surface area (Å²) in [6.45, 7) is 0. The van der Waals surface area contributed by atoms with Gasteiger partial charge in [-0.3, -0.25) is 4.98 Å². The normalized spacial score (nSPS) is 10.5. The molecule has 0 aromatic carbocycles. The molecule has 2 aromatic heterocycles. The van der Waals surface area contributed by atoms with Gasteiger partial charge in [0.25, 0.3) is 0 Å². The Morgan fingerprint density at radius 1 is 1.40 bits per heavy atom. The van der Waals surface area contributed by atoms with Gasteiger partial charge in [0, 0.05) is 18.6 Å². The van der Waals surface area contributed by atoms with Crippen LogP contribution >= 0.6 is 11.6 Å². The third kappa shape index (κ3) is 0.693. The summed E-state index contributed by atoms with van der Waals surface area (Å²) < 4.78 is 1.93. The molecule has 0 atom stereocenters. The van der Waals surface area contributed by atoms with Crippen LogP contribution in [0.1, 0.15) is 0 Å². The van der Waals surface area contributed by atoms with Crippen LogP contribution in [0.2, 0.25) is 5.02 Å². The second kappa shape index (κ2) is 1.99. The summed E-state index contributed by atoms with van der Waals surface area (Å²) in [5, 5.41) is 0.744. The van der Waals surface area contributed by atoms with E-state index in [9.17, 15) is 0 Å². The molecule has 0 spiro atoms. The van der Waals surface area contributed by atoms with Gasteiger partial charge in [-0.25, -0.2) is 0 Å². The standard InChI is InChI=1S/C7H5ClN2/c8-6-1-3-10-4-2-9-5-7(6)10/h1-5H. The van der Waals surface area contributed by atoms with Crippen molar-refractivity contribution in [1.82, 2.24) is 9.38 Å². The topological polar surface area (TPSA) is 17.3 Å². The lowest BCUT2D eigenvalue weighted by atomic mass is 10.5. The van der Waals surface area contributed by atoms with Gasteiger partial charge in [0.1, 0.15) is 0 Å². The fourth-order valence-electron chi connectivity index (χ4n) is 0.917. The molecule has 2 heterocycles. The molecule has 2 aromatic rings. The van der Waals surface area contributed by atoms with Crippen LogP contribution in [0, 0.1) is 0 Å². The van der Waals surface area contributed by atoms with Crippen LogP contribution in [0.15, 0.2) is 30.9 Å². The van der Waals surface area contributed by atoms with E-state index in [1.165, 1.54) is 0 Å². The molecule has 10 heavy (non-hydrogen) atoms. The highest BCUT2D eigenvalue weighted by Gasteiger charge is 1.95. The van der Waals surface area contributed by atoms with Gasteiger partial charge in [-0.15, -0.1) is 0 Å². The minimum Gasteiger partial charge on any atom is -0.320 e. The molecule has 0 radical (unpaired) electrons. The highest BCUT2D eigenvalue weighted by Crippen LogP contribution is 2.15. The predicted molar refractivity (Wildman–Crippen MR) is 40.2 cm³/mol. The Labute approximate surface area is 63.1 Å². The summed E-state index contributed by atoms with van der Waals surface area (Å²) in [6.07, 6.45) is 7.23. The van der Waals surface area contributed by atoms with Crippen molar-refractivity contribution in [2.45, 2.75) is 0 Å². The molecule has 0 N–H and O–H groups in total. The van der Waals surface area contributed by atoms with E-state index in [1.807, 2.05) is 22.9 Å². The molecule has 0 aliphatic rings. The van der Waals surface area contributed by atoms with Crippen molar-refractivity contribution in [2.24, 2.45) is 0 Å². The maximum atomic E-state index is 5.81. The maximum Gasteiger partial charge on any atom is 0.0823 e. The van der Waals surface area contributed by atoms with Crippen LogP contribution in [-0.2, 0) is 0 Å². The fourth-order valence-corrected chi connectivity index (χ4v) is 1.12. The second-order valence-electron chi connectivity index (χ2n) is 2.03. The van der Waals surface area contributed by atoms with E-state index in [0.29, 0.717) is 0 Å². The van der Waals surface area contributed by atoms with E-state index in [0.717, 1.165) is 10.5 Å². The zero-order chi connectivity index (χ0) is 6.97. The predicted octanol–water partition coefficient (Wildman–Crippen LogP) is 1.99. The zero-order valence-corrected chi connectivity index (χ0v) is 5.92. The summed E-state index contributed by atoms with van der Waals surface area (Å²) in [6, 6.07) is 1.85. The van der Waals surface area contributed by atoms with Gasteiger partial charge in [0.15, 0.2) is 0 Å². The van der Waals surface area contributed by atoms with Crippen LogP contribution in [0.4, 0.5) is 0 Å². The summed E-state index contributed by atoms with van der Waals surface area (Å²) >= 11 is 5.81. The zero-order valence-electron chi connectivity index (χ0n) is 5.16. The van der Waals surface area contributed by atoms with Crippen molar-refractivity contribution < 1.29 is 0 Å². The SMILES string of the molecule is Clc1ccn2ccncc12. The summed E-state index contributed by atoms with van der Waals surface area (Å²) in [5.41, 5.74) is 0.948. The van der Waals surface area contributed by atoms with Crippen molar-refractivity contribution in [2.75, 3.05) is 0 Å². The summed E-state index contributed by atoms with van der Waals surface area (Å²) in [7, 11) is 0. The van der Waals surface area contributed by atoms with Crippen LogP contribution in [0.25, 0.3) is 5.52 Å². The van der Waals surface area contributed by atoms with E-state index >= 15 is 0 Å². The van der Waals surface area contributed by atoms with E-state index in [1.54, 1.807) is 12.4 Å². The molecular formula is C7H5ClN2. The highest BCUT2D eigenvalue weighted by molar-refractivity contribution is 6.33. The van der Waals surface area contributed by atoms with Gasteiger partial charge in [0.2, 0.25) is 0 Å². The van der Waals surface area contributed by atoms with Crippen LogP contribution < -0.4 is 0 Å². The number of hydrogen-bond acceptors (Lipinski definition) is 1. The smallest absolute Gasteiger partial charge is 0.0823 e. The molecule has 0 aliphatic heterocycles. The summed E-state index contributed by atoms with van der Waals surface area (Å²) in [4.78, 5) is 3.94. The van der Waals surface area contributed by atoms with Crippen LogP contribution in [0.3, 0.4) is 0 Å². The first-order valence-electron chi connectivity index (χ1n) is 2.94. The molecule has 2 rings (SSSR count). The monoisotopic (exact) mass is 152 g/mol. The lowest BCUT2D eigenvalue weighted by molar-refractivity contribution is 1.14. The molecule has 0 saturated carbocycles. The first-order valence-corrected chi connectivity index (χ1v) is 3.32. The summed E-state index contributed by atoms with van der Waals surface area (Å²) in [5.74, 6) is 0. The lowest BCUT2D eigenvalue weighted by Gasteiger charge is -1.89. The number of rotatable bonds is 0. The van der Waals surface area contributed by atoms with Gasteiger partial charge in [-0.1, -0.05) is 11.6 Å². The van der Waals surface area contributed by atoms with Gasteiger partial charge < -0.3 is 4.40 Å². The second-order valence-corrected chi connectivity index (χ2v) is 2.44. The lowest BCUT2D eigenvalue weighted by Crippen LogP contribution is -1.80. The largest absolute Gasteiger partial charge is 0.320 e. The molecule has 0 unspecified atom stereocenters. The van der Waals surface area contributed by atoms with Crippen LogP contribution in [0.5, 0.6) is 0 Å². The van der Waals surface area contributed by atoms with E-state index in [-0.39, 0.29) is 0 Å². The Morgan fingerprint density at radius 3 is 3.10 bits per heavy atom. The third-order valence-corrected chi connectivity index (χ3v) is 1.73. The number of fused-ring (bicyclic) bond motifs is 1. The fraction of sp³-hybridized carbons (Fsp3) is 0. The van der Waals surface area contributed by atoms with Crippen molar-refractivity contribution in [1.29, 1.82) is 0 Å². The van der Waals surface area contributed by atoms with Gasteiger partial charge in [-0.05, 0) is 6.07 Å². The molecule has 0 bridgehead atoms. The molecule has 0 saturated heterocycles. The molecule has 0 aliphatic carbocycles. The minimum absolute atomic E-state index is 0.744. The Kier molecular flexibility index (Phi) is 1.14. The quantitative estimate of drug-likeness (QED) is 0.564. The Morgan fingerprint density at radius 2 is 2.30 bits per heavy atom. The van der Waals surface area contributed by atoms with Gasteiger partial charge in [0.05, 0.1) is 16.7 Å². The average molecular weight is 153 g/mol. The molecule has 3 heteroatoms. The van der Waals surface area contributed by atoms with E-state index < -0.39 is 0 Å². The van der Waals surface area contributed by atoms with E-state index in [2.05, 4.69) is 4.98 Å². The maximum absolute atomic E-state index is 5.81. The van der Waals surface area contributed by atoms with Crippen molar-refractivity contribution in [3.8, 4) is 0 Å². The number of aromatic nitrogens is 2. The molecule has 50 valence electrons. The first kappa shape index (κ1) is 5.74. The average Bonchev–Trinajstić information content (AvgIpc) is 2.34. The van der Waals surface area contributed by atoms with Crippen molar-refractivity contribution in [3.05, 3.63) is 35.9 Å². The van der Waals surface area contributed by atoms with E-state index in [4.69, 9.17) is 11.6 Å². The minimum atomic E-state index is 0.744. The van der Waals surface area contributed by atoms with Crippen molar-refractivity contribution >= 4 is 17.1 Å². The number of nitrogens with zero attached hydrogens (tertiary/aromatic N) is 2. The van der Waals surface area contributed by atoms with Gasteiger partial charge >= 0.3 is 0 Å². The first-order chi connectivity index (χ1) is 4.88. The number of hydrogen-bond donors (Lipinski definition) is 0.